The summed E-state index contributed by atoms with van der Waals surface area (Å²) in [5.74, 6) is -0.206. The van der Waals surface area contributed by atoms with Crippen molar-refractivity contribution in [3.05, 3.63) is 71.8 Å². The Bertz CT molecular complexity index is 742. The molecule has 2 atom stereocenters. The van der Waals surface area contributed by atoms with Gasteiger partial charge in [0.05, 0.1) is 5.69 Å². The lowest BCUT2D eigenvalue weighted by Crippen LogP contribution is -2.20. The summed E-state index contributed by atoms with van der Waals surface area (Å²) >= 11 is 0. The van der Waals surface area contributed by atoms with Crippen LogP contribution >= 0.6 is 0 Å². The van der Waals surface area contributed by atoms with E-state index < -0.39 is 0 Å². The number of para-hydroxylation sites is 1. The number of nitrogens with zero attached hydrogens (tertiary/aromatic N) is 1. The fraction of sp³-hybridized carbons (Fsp3) is 0.333. The van der Waals surface area contributed by atoms with Crippen molar-refractivity contribution >= 4 is 11.4 Å². The molecule has 1 aliphatic rings. The van der Waals surface area contributed by atoms with E-state index in [1.807, 2.05) is 60.6 Å². The molecule has 0 spiro atoms. The lowest BCUT2D eigenvalue weighted by molar-refractivity contribution is 0.567. The Morgan fingerprint density at radius 3 is 2.64 bits per heavy atom. The molecule has 0 amide bonds. The van der Waals surface area contributed by atoms with Gasteiger partial charge in [-0.15, -0.1) is 0 Å². The van der Waals surface area contributed by atoms with E-state index in [0.29, 0.717) is 11.7 Å². The third-order valence-electron chi connectivity index (χ3n) is 4.83. The van der Waals surface area contributed by atoms with Gasteiger partial charge in [0.15, 0.2) is 0 Å². The lowest BCUT2D eigenvalue weighted by atomic mass is 10.1. The molecular formula is C21H26FN3. The highest BCUT2D eigenvalue weighted by Crippen LogP contribution is 2.28. The average molecular weight is 339 g/mol. The highest BCUT2D eigenvalue weighted by molar-refractivity contribution is 5.63. The summed E-state index contributed by atoms with van der Waals surface area (Å²) in [7, 11) is 1.88. The number of nitrogens with one attached hydrogen (secondary N) is 2. The third-order valence-corrected chi connectivity index (χ3v) is 4.83. The fourth-order valence-electron chi connectivity index (χ4n) is 3.18. The van der Waals surface area contributed by atoms with E-state index in [2.05, 4.69) is 24.5 Å². The number of anilines is 2. The maximum atomic E-state index is 14.7. The minimum Gasteiger partial charge on any atom is -0.386 e. The van der Waals surface area contributed by atoms with E-state index in [1.54, 1.807) is 6.07 Å². The SMILES string of the molecule is CC[C@H]1CC(NC(C)c2ccc(N(C)c3ccccc3)c(F)c2)=CN1. The summed E-state index contributed by atoms with van der Waals surface area (Å²) in [6.45, 7) is 4.24. The molecule has 1 aliphatic heterocycles. The zero-order chi connectivity index (χ0) is 17.8. The normalized spacial score (nSPS) is 17.6. The van der Waals surface area contributed by atoms with Crippen molar-refractivity contribution < 1.29 is 4.39 Å². The first-order chi connectivity index (χ1) is 12.1. The number of hydrogen-bond acceptors (Lipinski definition) is 3. The monoisotopic (exact) mass is 339 g/mol. The number of halogens is 1. The molecule has 2 N–H and O–H groups in total. The molecule has 0 radical (unpaired) electrons. The topological polar surface area (TPSA) is 27.3 Å². The van der Waals surface area contributed by atoms with Gasteiger partial charge in [0, 0.05) is 43.1 Å². The van der Waals surface area contributed by atoms with Gasteiger partial charge in [0.25, 0.3) is 0 Å². The Morgan fingerprint density at radius 1 is 1.24 bits per heavy atom. The molecule has 0 bridgehead atoms. The standard InChI is InChI=1S/C21H26FN3/c1-4-17-13-18(14-23-17)24-15(2)16-10-11-21(20(22)12-16)25(3)19-8-6-5-7-9-19/h5-12,14-15,17,23-24H,4,13H2,1-3H3/t15?,17-/m0/s1. The molecule has 132 valence electrons. The van der Waals surface area contributed by atoms with E-state index in [1.165, 1.54) is 5.70 Å². The molecule has 1 unspecified atom stereocenters. The van der Waals surface area contributed by atoms with Gasteiger partial charge in [-0.2, -0.15) is 0 Å². The summed E-state index contributed by atoms with van der Waals surface area (Å²) in [6, 6.07) is 15.9. The Morgan fingerprint density at radius 2 is 2.00 bits per heavy atom. The van der Waals surface area contributed by atoms with E-state index in [9.17, 15) is 4.39 Å². The molecule has 0 fully saturated rings. The van der Waals surface area contributed by atoms with Gasteiger partial charge < -0.3 is 15.5 Å². The van der Waals surface area contributed by atoms with Gasteiger partial charge in [-0.3, -0.25) is 0 Å². The molecule has 3 nitrogen and oxygen atoms in total. The Kier molecular flexibility index (Phi) is 5.27. The number of benzene rings is 2. The molecular weight excluding hydrogens is 313 g/mol. The van der Waals surface area contributed by atoms with E-state index in [-0.39, 0.29) is 11.9 Å². The Hall–Kier alpha value is -2.49. The molecule has 0 aliphatic carbocycles. The predicted molar refractivity (Wildman–Crippen MR) is 102 cm³/mol. The van der Waals surface area contributed by atoms with Crippen molar-refractivity contribution in [2.24, 2.45) is 0 Å². The quantitative estimate of drug-likeness (QED) is 0.787. The van der Waals surface area contributed by atoms with Gasteiger partial charge in [-0.05, 0) is 43.2 Å². The molecule has 4 heteroatoms. The van der Waals surface area contributed by atoms with Gasteiger partial charge >= 0.3 is 0 Å². The van der Waals surface area contributed by atoms with Crippen LogP contribution in [0.2, 0.25) is 0 Å². The molecule has 1 heterocycles. The van der Waals surface area contributed by atoms with Crippen LogP contribution in [-0.4, -0.2) is 13.1 Å². The first-order valence-electron chi connectivity index (χ1n) is 8.88. The van der Waals surface area contributed by atoms with Crippen LogP contribution in [0, 0.1) is 5.82 Å². The minimum absolute atomic E-state index is 0.0641. The second-order valence-electron chi connectivity index (χ2n) is 6.62. The van der Waals surface area contributed by atoms with Gasteiger partial charge in [0.1, 0.15) is 5.82 Å². The summed E-state index contributed by atoms with van der Waals surface area (Å²) < 4.78 is 14.7. The maximum Gasteiger partial charge on any atom is 0.147 e. The fourth-order valence-corrected chi connectivity index (χ4v) is 3.18. The second-order valence-corrected chi connectivity index (χ2v) is 6.62. The van der Waals surface area contributed by atoms with E-state index in [0.717, 1.165) is 24.1 Å². The van der Waals surface area contributed by atoms with Crippen molar-refractivity contribution in [3.8, 4) is 0 Å². The summed E-state index contributed by atoms with van der Waals surface area (Å²) in [5, 5.41) is 6.85. The summed E-state index contributed by atoms with van der Waals surface area (Å²) in [4.78, 5) is 1.87. The highest BCUT2D eigenvalue weighted by Gasteiger charge is 2.17. The molecule has 2 aromatic carbocycles. The third kappa shape index (κ3) is 3.95. The summed E-state index contributed by atoms with van der Waals surface area (Å²) in [5.41, 5.74) is 3.68. The first-order valence-corrected chi connectivity index (χ1v) is 8.88. The Balaban J connectivity index is 1.71. The van der Waals surface area contributed by atoms with Crippen LogP contribution in [-0.2, 0) is 0 Å². The minimum atomic E-state index is -0.206. The van der Waals surface area contributed by atoms with Crippen LogP contribution in [0.5, 0.6) is 0 Å². The first kappa shape index (κ1) is 17.3. The van der Waals surface area contributed by atoms with Crippen LogP contribution in [0.3, 0.4) is 0 Å². The molecule has 2 aromatic rings. The van der Waals surface area contributed by atoms with Crippen LogP contribution in [0.1, 0.15) is 38.3 Å². The highest BCUT2D eigenvalue weighted by atomic mass is 19.1. The molecule has 0 saturated heterocycles. The van der Waals surface area contributed by atoms with Crippen LogP contribution in [0.25, 0.3) is 0 Å². The summed E-state index contributed by atoms with van der Waals surface area (Å²) in [6.07, 6.45) is 4.14. The van der Waals surface area contributed by atoms with Crippen LogP contribution < -0.4 is 15.5 Å². The van der Waals surface area contributed by atoms with E-state index in [4.69, 9.17) is 0 Å². The molecule has 0 aromatic heterocycles. The predicted octanol–water partition coefficient (Wildman–Crippen LogP) is 4.86. The van der Waals surface area contributed by atoms with Crippen LogP contribution in [0.15, 0.2) is 60.4 Å². The second kappa shape index (κ2) is 7.60. The molecule has 25 heavy (non-hydrogen) atoms. The molecule has 3 rings (SSSR count). The van der Waals surface area contributed by atoms with E-state index >= 15 is 0 Å². The smallest absolute Gasteiger partial charge is 0.147 e. The number of rotatable bonds is 6. The Labute approximate surface area is 149 Å². The zero-order valence-corrected chi connectivity index (χ0v) is 15.1. The average Bonchev–Trinajstić information content (AvgIpc) is 3.09. The largest absolute Gasteiger partial charge is 0.386 e. The lowest BCUT2D eigenvalue weighted by Gasteiger charge is -2.22. The van der Waals surface area contributed by atoms with Gasteiger partial charge in [-0.25, -0.2) is 4.39 Å². The van der Waals surface area contributed by atoms with Crippen molar-refractivity contribution in [2.45, 2.75) is 38.8 Å². The molecule has 0 saturated carbocycles. The van der Waals surface area contributed by atoms with Crippen molar-refractivity contribution in [2.75, 3.05) is 11.9 Å². The van der Waals surface area contributed by atoms with Gasteiger partial charge in [0.2, 0.25) is 0 Å². The van der Waals surface area contributed by atoms with Crippen molar-refractivity contribution in [1.82, 2.24) is 10.6 Å². The zero-order valence-electron chi connectivity index (χ0n) is 15.1. The van der Waals surface area contributed by atoms with Crippen LogP contribution in [0.4, 0.5) is 15.8 Å². The number of hydrogen-bond donors (Lipinski definition) is 2. The van der Waals surface area contributed by atoms with Crippen molar-refractivity contribution in [1.29, 1.82) is 0 Å². The van der Waals surface area contributed by atoms with Crippen molar-refractivity contribution in [3.63, 3.8) is 0 Å². The van der Waals surface area contributed by atoms with Gasteiger partial charge in [-0.1, -0.05) is 31.2 Å². The maximum absolute atomic E-state index is 14.7.